The lowest BCUT2D eigenvalue weighted by Crippen LogP contribution is -2.07. The van der Waals surface area contributed by atoms with E-state index in [1.165, 1.54) is 0 Å². The second-order valence-corrected chi connectivity index (χ2v) is 6.48. The van der Waals surface area contributed by atoms with Crippen LogP contribution in [0.2, 0.25) is 0 Å². The third-order valence-electron chi connectivity index (χ3n) is 4.05. The summed E-state index contributed by atoms with van der Waals surface area (Å²) in [4.78, 5) is 4.50. The second kappa shape index (κ2) is 7.61. The largest absolute Gasteiger partial charge is 0.497 e. The summed E-state index contributed by atoms with van der Waals surface area (Å²) in [5, 5.41) is 3.36. The van der Waals surface area contributed by atoms with Gasteiger partial charge in [-0.05, 0) is 35.9 Å². The molecule has 0 bridgehead atoms. The van der Waals surface area contributed by atoms with Gasteiger partial charge >= 0.3 is 0 Å². The molecule has 0 fully saturated rings. The van der Waals surface area contributed by atoms with Crippen molar-refractivity contribution in [2.24, 2.45) is 7.05 Å². The molecule has 0 radical (unpaired) electrons. The summed E-state index contributed by atoms with van der Waals surface area (Å²) in [6, 6.07) is 13.9. The number of rotatable bonds is 6. The van der Waals surface area contributed by atoms with Crippen LogP contribution in [0.3, 0.4) is 0 Å². The Labute approximate surface area is 155 Å². The maximum absolute atomic E-state index is 5.42. The quantitative estimate of drug-likeness (QED) is 0.661. The average Bonchev–Trinajstić information content (AvgIpc) is 3.01. The Morgan fingerprint density at radius 2 is 1.84 bits per heavy atom. The molecule has 1 heterocycles. The Balaban J connectivity index is 1.80. The van der Waals surface area contributed by atoms with Gasteiger partial charge in [0.2, 0.25) is 5.95 Å². The Morgan fingerprint density at radius 3 is 2.52 bits per heavy atom. The van der Waals surface area contributed by atoms with Crippen molar-refractivity contribution in [3.8, 4) is 22.8 Å². The molecule has 0 spiro atoms. The van der Waals surface area contributed by atoms with Gasteiger partial charge in [0, 0.05) is 23.6 Å². The number of anilines is 1. The molecular formula is C19H20BrN3O2. The zero-order valence-electron chi connectivity index (χ0n) is 14.4. The first-order valence-corrected chi connectivity index (χ1v) is 8.64. The molecule has 0 atom stereocenters. The Kier molecular flexibility index (Phi) is 5.28. The van der Waals surface area contributed by atoms with Gasteiger partial charge in [0.05, 0.1) is 26.1 Å². The molecule has 25 heavy (non-hydrogen) atoms. The van der Waals surface area contributed by atoms with E-state index in [1.54, 1.807) is 14.2 Å². The molecule has 130 valence electrons. The fourth-order valence-electron chi connectivity index (χ4n) is 2.66. The Bertz CT molecular complexity index is 860. The van der Waals surface area contributed by atoms with Crippen molar-refractivity contribution < 1.29 is 9.47 Å². The minimum absolute atomic E-state index is 0.588. The van der Waals surface area contributed by atoms with E-state index in [0.29, 0.717) is 6.54 Å². The molecular weight excluding hydrogens is 382 g/mol. The van der Waals surface area contributed by atoms with E-state index < -0.39 is 0 Å². The van der Waals surface area contributed by atoms with Gasteiger partial charge in [-0.3, -0.25) is 0 Å². The summed E-state index contributed by atoms with van der Waals surface area (Å²) in [6.45, 7) is 0.588. The highest BCUT2D eigenvalue weighted by molar-refractivity contribution is 9.10. The zero-order valence-corrected chi connectivity index (χ0v) is 16.0. The van der Waals surface area contributed by atoms with E-state index in [-0.39, 0.29) is 0 Å². The van der Waals surface area contributed by atoms with Crippen LogP contribution in [-0.4, -0.2) is 23.8 Å². The minimum atomic E-state index is 0.588. The Morgan fingerprint density at radius 1 is 1.08 bits per heavy atom. The number of hydrogen-bond acceptors (Lipinski definition) is 4. The number of imidazole rings is 1. The molecule has 3 aromatic rings. The summed E-state index contributed by atoms with van der Waals surface area (Å²) in [7, 11) is 5.31. The molecule has 1 aromatic heterocycles. The highest BCUT2D eigenvalue weighted by Gasteiger charge is 2.10. The van der Waals surface area contributed by atoms with Crippen LogP contribution in [0.25, 0.3) is 11.3 Å². The highest BCUT2D eigenvalue weighted by atomic mass is 79.9. The maximum Gasteiger partial charge on any atom is 0.203 e. The van der Waals surface area contributed by atoms with Crippen molar-refractivity contribution in [1.29, 1.82) is 0 Å². The third kappa shape index (κ3) is 3.79. The van der Waals surface area contributed by atoms with Crippen LogP contribution in [-0.2, 0) is 13.6 Å². The molecule has 0 saturated heterocycles. The minimum Gasteiger partial charge on any atom is -0.497 e. The molecule has 0 unspecified atom stereocenters. The summed E-state index contributed by atoms with van der Waals surface area (Å²) >= 11 is 3.46. The van der Waals surface area contributed by atoms with Crippen molar-refractivity contribution in [2.75, 3.05) is 19.5 Å². The highest BCUT2D eigenvalue weighted by Crippen LogP contribution is 2.26. The van der Waals surface area contributed by atoms with Crippen molar-refractivity contribution in [2.45, 2.75) is 6.54 Å². The SMILES string of the molecule is COc1ccc(OC)c(CNc2ncc(-c3ccc(Br)cc3)n2C)c1. The molecule has 0 aliphatic heterocycles. The summed E-state index contributed by atoms with van der Waals surface area (Å²) in [6.07, 6.45) is 1.87. The predicted octanol–water partition coefficient (Wildman–Crippen LogP) is 4.48. The van der Waals surface area contributed by atoms with Gasteiger partial charge in [-0.25, -0.2) is 4.98 Å². The number of benzene rings is 2. The van der Waals surface area contributed by atoms with Crippen LogP contribution in [0.15, 0.2) is 53.1 Å². The fraction of sp³-hybridized carbons (Fsp3) is 0.211. The number of methoxy groups -OCH3 is 2. The van der Waals surface area contributed by atoms with E-state index in [4.69, 9.17) is 9.47 Å². The van der Waals surface area contributed by atoms with Crippen molar-refractivity contribution in [1.82, 2.24) is 9.55 Å². The van der Waals surface area contributed by atoms with Gasteiger partial charge in [-0.2, -0.15) is 0 Å². The van der Waals surface area contributed by atoms with Crippen molar-refractivity contribution in [3.05, 3.63) is 58.7 Å². The first-order valence-electron chi connectivity index (χ1n) is 7.85. The topological polar surface area (TPSA) is 48.3 Å². The maximum atomic E-state index is 5.42. The first kappa shape index (κ1) is 17.4. The normalized spacial score (nSPS) is 10.6. The zero-order chi connectivity index (χ0) is 17.8. The molecule has 0 amide bonds. The average molecular weight is 402 g/mol. The number of aromatic nitrogens is 2. The number of hydrogen-bond donors (Lipinski definition) is 1. The molecule has 0 aliphatic carbocycles. The molecule has 3 rings (SSSR count). The number of halogens is 1. The number of ether oxygens (including phenoxy) is 2. The van der Waals surface area contributed by atoms with Gasteiger partial charge < -0.3 is 19.4 Å². The molecule has 5 nitrogen and oxygen atoms in total. The van der Waals surface area contributed by atoms with Gasteiger partial charge in [-0.1, -0.05) is 28.1 Å². The molecule has 0 aliphatic rings. The number of nitrogens with one attached hydrogen (secondary N) is 1. The predicted molar refractivity (Wildman–Crippen MR) is 103 cm³/mol. The second-order valence-electron chi connectivity index (χ2n) is 5.56. The molecule has 6 heteroatoms. The summed E-state index contributed by atoms with van der Waals surface area (Å²) in [5.41, 5.74) is 3.17. The van der Waals surface area contributed by atoms with Crippen molar-refractivity contribution in [3.63, 3.8) is 0 Å². The lowest BCUT2D eigenvalue weighted by atomic mass is 10.2. The fourth-order valence-corrected chi connectivity index (χ4v) is 2.92. The van der Waals surface area contributed by atoms with Gasteiger partial charge in [0.1, 0.15) is 11.5 Å². The van der Waals surface area contributed by atoms with Crippen LogP contribution in [0, 0.1) is 0 Å². The van der Waals surface area contributed by atoms with E-state index >= 15 is 0 Å². The van der Waals surface area contributed by atoms with E-state index in [0.717, 1.165) is 38.7 Å². The van der Waals surface area contributed by atoms with Crippen LogP contribution in [0.1, 0.15) is 5.56 Å². The smallest absolute Gasteiger partial charge is 0.203 e. The van der Waals surface area contributed by atoms with Gasteiger partial charge in [0.25, 0.3) is 0 Å². The van der Waals surface area contributed by atoms with Crippen molar-refractivity contribution >= 4 is 21.9 Å². The van der Waals surface area contributed by atoms with Gasteiger partial charge in [0.15, 0.2) is 0 Å². The van der Waals surface area contributed by atoms with E-state index in [1.807, 2.05) is 48.1 Å². The first-order chi connectivity index (χ1) is 12.1. The van der Waals surface area contributed by atoms with Crippen LogP contribution < -0.4 is 14.8 Å². The third-order valence-corrected chi connectivity index (χ3v) is 4.58. The van der Waals surface area contributed by atoms with Crippen LogP contribution in [0.5, 0.6) is 11.5 Å². The van der Waals surface area contributed by atoms with E-state index in [9.17, 15) is 0 Å². The monoisotopic (exact) mass is 401 g/mol. The number of nitrogens with zero attached hydrogens (tertiary/aromatic N) is 2. The standard InChI is InChI=1S/C19H20BrN3O2/c1-23-17(13-4-6-15(20)7-5-13)12-22-19(23)21-11-14-10-16(24-2)8-9-18(14)25-3/h4-10,12H,11H2,1-3H3,(H,21,22). The molecule has 0 saturated carbocycles. The summed E-state index contributed by atoms with van der Waals surface area (Å²) < 4.78 is 13.8. The van der Waals surface area contributed by atoms with Gasteiger partial charge in [-0.15, -0.1) is 0 Å². The lowest BCUT2D eigenvalue weighted by molar-refractivity contribution is 0.399. The lowest BCUT2D eigenvalue weighted by Gasteiger charge is -2.12. The van der Waals surface area contributed by atoms with Crippen LogP contribution in [0.4, 0.5) is 5.95 Å². The van der Waals surface area contributed by atoms with E-state index in [2.05, 4.69) is 38.4 Å². The summed E-state index contributed by atoms with van der Waals surface area (Å²) in [5.74, 6) is 2.41. The molecule has 2 aromatic carbocycles. The van der Waals surface area contributed by atoms with Crippen LogP contribution >= 0.6 is 15.9 Å². The Hall–Kier alpha value is -2.47. The molecule has 1 N–H and O–H groups in total.